The smallest absolute Gasteiger partial charge is 0.274 e. The minimum absolute atomic E-state index is 0.0844. The molecular weight excluding hydrogens is 508 g/mol. The van der Waals surface area contributed by atoms with Crippen molar-refractivity contribution in [2.75, 3.05) is 39.9 Å². The molecule has 0 spiro atoms. The highest BCUT2D eigenvalue weighted by Crippen LogP contribution is 2.28. The van der Waals surface area contributed by atoms with Crippen molar-refractivity contribution in [3.8, 4) is 0 Å². The van der Waals surface area contributed by atoms with Gasteiger partial charge >= 0.3 is 0 Å². The third-order valence-electron chi connectivity index (χ3n) is 8.02. The van der Waals surface area contributed by atoms with Crippen LogP contribution in [0.15, 0.2) is 45.3 Å². The first kappa shape index (κ1) is 27.9. The van der Waals surface area contributed by atoms with Gasteiger partial charge < -0.3 is 24.6 Å². The first-order chi connectivity index (χ1) is 19.4. The number of aryl methyl sites for hydroxylation is 1. The van der Waals surface area contributed by atoms with Crippen molar-refractivity contribution in [2.45, 2.75) is 58.0 Å². The molecule has 2 fully saturated rings. The molecule has 2 aliphatic heterocycles. The van der Waals surface area contributed by atoms with Crippen molar-refractivity contribution in [1.29, 1.82) is 0 Å². The van der Waals surface area contributed by atoms with E-state index in [-0.39, 0.29) is 22.9 Å². The summed E-state index contributed by atoms with van der Waals surface area (Å²) in [6.07, 6.45) is 15.4. The van der Waals surface area contributed by atoms with Gasteiger partial charge in [0, 0.05) is 25.9 Å². The fraction of sp³-hybridized carbons (Fsp3) is 0.500. The third kappa shape index (κ3) is 5.93. The van der Waals surface area contributed by atoms with Gasteiger partial charge in [0.1, 0.15) is 5.69 Å². The molecule has 2 unspecified atom stereocenters. The summed E-state index contributed by atoms with van der Waals surface area (Å²) in [6.45, 7) is 8.44. The largest absolute Gasteiger partial charge is 0.513 e. The lowest BCUT2D eigenvalue weighted by molar-refractivity contribution is 0.134. The maximum atomic E-state index is 13.5. The van der Waals surface area contributed by atoms with Gasteiger partial charge in [-0.2, -0.15) is 0 Å². The summed E-state index contributed by atoms with van der Waals surface area (Å²) in [7, 11) is 1.69. The lowest BCUT2D eigenvalue weighted by Gasteiger charge is -2.27. The molecule has 3 aliphatic rings. The van der Waals surface area contributed by atoms with Gasteiger partial charge in [-0.3, -0.25) is 19.4 Å². The van der Waals surface area contributed by atoms with E-state index in [0.29, 0.717) is 41.5 Å². The van der Waals surface area contributed by atoms with Gasteiger partial charge in [0.2, 0.25) is 0 Å². The average molecular weight is 549 g/mol. The third-order valence-corrected chi connectivity index (χ3v) is 8.02. The van der Waals surface area contributed by atoms with E-state index in [4.69, 9.17) is 9.72 Å². The Morgan fingerprint density at radius 3 is 2.73 bits per heavy atom. The Morgan fingerprint density at radius 1 is 1.18 bits per heavy atom. The molecule has 5 rings (SSSR count). The maximum Gasteiger partial charge on any atom is 0.274 e. The SMILES string of the molecule is COCC1CCCN1C(/C=C(\C)O)=C/c1[nH]c(=O)c(C2C=CC=Cc3c2[nH]n(CCN2CCCC2)c3=O)nc1C. The minimum atomic E-state index is -0.491. The average Bonchev–Trinajstić information content (AvgIpc) is 3.64. The standard InChI is InChI=1S/C30H40N6O4/c1-20(37)17-23(35-14-8-9-22(35)19-40-3)18-26-21(2)31-28(29(38)32-26)24-10-4-5-11-25-27(24)33-36(30(25)39)16-15-34-12-6-7-13-34/h4-5,10-11,17-18,22,24,33,37H,6-9,12-16,19H2,1-3H3,(H,32,38)/b20-17+,23-18+. The Bertz CT molecular complexity index is 1450. The van der Waals surface area contributed by atoms with Gasteiger partial charge in [-0.05, 0) is 70.8 Å². The Hall–Kier alpha value is -3.63. The fourth-order valence-electron chi connectivity index (χ4n) is 6.00. The second-order valence-electron chi connectivity index (χ2n) is 10.9. The summed E-state index contributed by atoms with van der Waals surface area (Å²) in [4.78, 5) is 39.1. The van der Waals surface area contributed by atoms with E-state index >= 15 is 0 Å². The summed E-state index contributed by atoms with van der Waals surface area (Å²) >= 11 is 0. The van der Waals surface area contributed by atoms with Crippen LogP contribution in [0.5, 0.6) is 0 Å². The lowest BCUT2D eigenvalue weighted by Crippen LogP contribution is -2.32. The molecule has 4 heterocycles. The lowest BCUT2D eigenvalue weighted by atomic mass is 9.98. The van der Waals surface area contributed by atoms with Gasteiger partial charge in [-0.15, -0.1) is 0 Å². The molecular formula is C30H40N6O4. The number of H-pyrrole nitrogens is 2. The number of aliphatic hydroxyl groups excluding tert-OH is 1. The van der Waals surface area contributed by atoms with Gasteiger partial charge in [-0.25, -0.2) is 4.98 Å². The molecule has 0 amide bonds. The molecule has 2 saturated heterocycles. The first-order valence-electron chi connectivity index (χ1n) is 14.2. The van der Waals surface area contributed by atoms with Crippen molar-refractivity contribution >= 4 is 12.2 Å². The van der Waals surface area contributed by atoms with Crippen LogP contribution in [0.4, 0.5) is 0 Å². The van der Waals surface area contributed by atoms with Crippen LogP contribution >= 0.6 is 0 Å². The number of hydrogen-bond acceptors (Lipinski definition) is 7. The van der Waals surface area contributed by atoms with Crippen LogP contribution in [0.2, 0.25) is 0 Å². The number of ether oxygens (including phenoxy) is 1. The van der Waals surface area contributed by atoms with E-state index in [2.05, 4.69) is 19.9 Å². The molecule has 40 heavy (non-hydrogen) atoms. The Kier molecular flexibility index (Phi) is 8.56. The Morgan fingerprint density at radius 2 is 1.98 bits per heavy atom. The molecule has 2 aromatic heterocycles. The van der Waals surface area contributed by atoms with Crippen molar-refractivity contribution < 1.29 is 9.84 Å². The molecule has 1 aliphatic carbocycles. The van der Waals surface area contributed by atoms with Crippen molar-refractivity contribution in [3.05, 3.63) is 84.8 Å². The fourth-order valence-corrected chi connectivity index (χ4v) is 6.00. The Balaban J connectivity index is 1.48. The number of aliphatic hydroxyl groups is 1. The molecule has 2 aromatic rings. The van der Waals surface area contributed by atoms with Gasteiger partial charge in [0.05, 0.1) is 53.5 Å². The number of rotatable bonds is 9. The normalized spacial score (nSPS) is 21.8. The van der Waals surface area contributed by atoms with E-state index in [1.807, 2.05) is 31.2 Å². The summed E-state index contributed by atoms with van der Waals surface area (Å²) in [6, 6.07) is 0.194. The van der Waals surface area contributed by atoms with Crippen LogP contribution in [0.25, 0.3) is 12.2 Å². The van der Waals surface area contributed by atoms with Crippen molar-refractivity contribution in [2.24, 2.45) is 0 Å². The highest BCUT2D eigenvalue weighted by atomic mass is 16.5. The summed E-state index contributed by atoms with van der Waals surface area (Å²) in [5.74, 6) is -0.310. The Labute approximate surface area is 234 Å². The van der Waals surface area contributed by atoms with E-state index in [0.717, 1.165) is 44.7 Å². The number of methoxy groups -OCH3 is 1. The van der Waals surface area contributed by atoms with E-state index in [1.54, 1.807) is 30.9 Å². The molecule has 214 valence electrons. The molecule has 0 saturated carbocycles. The first-order valence-corrected chi connectivity index (χ1v) is 14.2. The summed E-state index contributed by atoms with van der Waals surface area (Å²) < 4.78 is 7.07. The molecule has 0 aromatic carbocycles. The van der Waals surface area contributed by atoms with Crippen LogP contribution < -0.4 is 11.1 Å². The zero-order valence-corrected chi connectivity index (χ0v) is 23.7. The maximum absolute atomic E-state index is 13.5. The second kappa shape index (κ2) is 12.3. The molecule has 0 bridgehead atoms. The van der Waals surface area contributed by atoms with Gasteiger partial charge in [0.25, 0.3) is 11.1 Å². The van der Waals surface area contributed by atoms with Gasteiger partial charge in [0.15, 0.2) is 0 Å². The molecule has 10 heteroatoms. The van der Waals surface area contributed by atoms with E-state index in [1.165, 1.54) is 12.8 Å². The quantitative estimate of drug-likeness (QED) is 0.325. The number of fused-ring (bicyclic) bond motifs is 1. The summed E-state index contributed by atoms with van der Waals surface area (Å²) in [5.41, 5.74) is 3.20. The zero-order chi connectivity index (χ0) is 28.2. The number of allylic oxidation sites excluding steroid dienone is 5. The van der Waals surface area contributed by atoms with Crippen LogP contribution in [-0.2, 0) is 11.3 Å². The van der Waals surface area contributed by atoms with Crippen molar-refractivity contribution in [3.63, 3.8) is 0 Å². The summed E-state index contributed by atoms with van der Waals surface area (Å²) in [5, 5.41) is 13.4. The molecule has 2 atom stereocenters. The van der Waals surface area contributed by atoms with Crippen LogP contribution in [-0.4, -0.2) is 80.6 Å². The second-order valence-corrected chi connectivity index (χ2v) is 10.9. The highest BCUT2D eigenvalue weighted by Gasteiger charge is 2.28. The minimum Gasteiger partial charge on any atom is -0.513 e. The predicted molar refractivity (Wildman–Crippen MR) is 156 cm³/mol. The number of aromatic amines is 2. The molecule has 3 N–H and O–H groups in total. The van der Waals surface area contributed by atoms with Crippen molar-refractivity contribution in [1.82, 2.24) is 29.5 Å². The van der Waals surface area contributed by atoms with Crippen LogP contribution in [0.3, 0.4) is 0 Å². The molecule has 0 radical (unpaired) electrons. The number of nitrogens with zero attached hydrogens (tertiary/aromatic N) is 4. The number of aromatic nitrogens is 4. The number of hydrogen-bond donors (Lipinski definition) is 3. The van der Waals surface area contributed by atoms with Crippen LogP contribution in [0, 0.1) is 6.92 Å². The topological polar surface area (TPSA) is 119 Å². The van der Waals surface area contributed by atoms with Crippen LogP contribution in [0.1, 0.15) is 66.9 Å². The molecule has 10 nitrogen and oxygen atoms in total. The number of likely N-dealkylation sites (tertiary alicyclic amines) is 2. The van der Waals surface area contributed by atoms with Gasteiger partial charge in [-0.1, -0.05) is 18.2 Å². The monoisotopic (exact) mass is 548 g/mol. The predicted octanol–water partition coefficient (Wildman–Crippen LogP) is 3.29. The number of nitrogens with one attached hydrogen (secondary N) is 2. The van der Waals surface area contributed by atoms with E-state index < -0.39 is 5.92 Å². The zero-order valence-electron chi connectivity index (χ0n) is 23.7. The highest BCUT2D eigenvalue weighted by molar-refractivity contribution is 5.58. The van der Waals surface area contributed by atoms with E-state index in [9.17, 15) is 14.7 Å².